The second kappa shape index (κ2) is 5.93. The number of alkyl halides is 3. The monoisotopic (exact) mass is 365 g/mol. The van der Waals surface area contributed by atoms with E-state index in [1.165, 1.54) is 10.6 Å². The number of nitrogens with zero attached hydrogens (tertiary/aromatic N) is 1. The number of halogens is 4. The van der Waals surface area contributed by atoms with Crippen LogP contribution in [0.5, 0.6) is 0 Å². The SMILES string of the molecule is Cn1cccc1C(O)=CS(=O)(=O)c1ccc(Cl)c(C(F)(F)F)c1. The van der Waals surface area contributed by atoms with Gasteiger partial charge in [-0.3, -0.25) is 0 Å². The van der Waals surface area contributed by atoms with Crippen LogP contribution in [0.2, 0.25) is 5.02 Å². The van der Waals surface area contributed by atoms with Gasteiger partial charge in [0.2, 0.25) is 9.84 Å². The van der Waals surface area contributed by atoms with Crippen molar-refractivity contribution in [2.24, 2.45) is 7.05 Å². The van der Waals surface area contributed by atoms with Crippen molar-refractivity contribution in [2.75, 3.05) is 0 Å². The molecular formula is C14H11ClF3NO3S. The van der Waals surface area contributed by atoms with Crippen LogP contribution in [0.1, 0.15) is 11.3 Å². The molecule has 1 aromatic carbocycles. The number of rotatable bonds is 3. The summed E-state index contributed by atoms with van der Waals surface area (Å²) >= 11 is 5.46. The molecule has 0 aliphatic heterocycles. The molecular weight excluding hydrogens is 355 g/mol. The molecule has 2 aromatic rings. The van der Waals surface area contributed by atoms with Gasteiger partial charge in [-0.05, 0) is 30.3 Å². The summed E-state index contributed by atoms with van der Waals surface area (Å²) in [6, 6.07) is 5.28. The van der Waals surface area contributed by atoms with Crippen LogP contribution in [0.4, 0.5) is 13.2 Å². The first kappa shape index (κ1) is 17.4. The predicted octanol–water partition coefficient (Wildman–Crippen LogP) is 4.03. The lowest BCUT2D eigenvalue weighted by atomic mass is 10.2. The maximum Gasteiger partial charge on any atom is 0.417 e. The van der Waals surface area contributed by atoms with Crippen molar-refractivity contribution in [3.63, 3.8) is 0 Å². The van der Waals surface area contributed by atoms with Crippen LogP contribution in [0.25, 0.3) is 5.76 Å². The van der Waals surface area contributed by atoms with Gasteiger partial charge in [-0.15, -0.1) is 0 Å². The van der Waals surface area contributed by atoms with Crippen LogP contribution in [-0.2, 0) is 23.1 Å². The Morgan fingerprint density at radius 1 is 1.30 bits per heavy atom. The third-order valence-electron chi connectivity index (χ3n) is 3.04. The molecule has 1 heterocycles. The molecule has 0 aliphatic carbocycles. The van der Waals surface area contributed by atoms with Gasteiger partial charge in [-0.25, -0.2) is 8.42 Å². The average Bonchev–Trinajstić information content (AvgIpc) is 2.83. The molecule has 0 unspecified atom stereocenters. The van der Waals surface area contributed by atoms with Crippen LogP contribution >= 0.6 is 11.6 Å². The van der Waals surface area contributed by atoms with Crippen molar-refractivity contribution in [1.82, 2.24) is 4.57 Å². The van der Waals surface area contributed by atoms with Crippen molar-refractivity contribution in [3.8, 4) is 0 Å². The van der Waals surface area contributed by atoms with Gasteiger partial charge in [-0.2, -0.15) is 13.2 Å². The van der Waals surface area contributed by atoms with Crippen LogP contribution < -0.4 is 0 Å². The molecule has 1 aromatic heterocycles. The molecule has 0 amide bonds. The average molecular weight is 366 g/mol. The Kier molecular flexibility index (Phi) is 4.50. The number of hydrogen-bond donors (Lipinski definition) is 1. The highest BCUT2D eigenvalue weighted by atomic mass is 35.5. The first-order valence-corrected chi connectivity index (χ1v) is 8.09. The summed E-state index contributed by atoms with van der Waals surface area (Å²) < 4.78 is 64.3. The Labute approximate surface area is 135 Å². The van der Waals surface area contributed by atoms with E-state index >= 15 is 0 Å². The lowest BCUT2D eigenvalue weighted by molar-refractivity contribution is -0.137. The molecule has 0 spiro atoms. The molecule has 1 N–H and O–H groups in total. The molecule has 0 atom stereocenters. The molecule has 4 nitrogen and oxygen atoms in total. The summed E-state index contributed by atoms with van der Waals surface area (Å²) in [4.78, 5) is -0.616. The molecule has 0 radical (unpaired) electrons. The standard InChI is InChI=1S/C14H11ClF3NO3S/c1-19-6-2-3-12(19)13(20)8-23(21,22)9-4-5-11(15)10(7-9)14(16,17)18/h2-8,20H,1H3. The molecule has 9 heteroatoms. The number of aryl methyl sites for hydroxylation is 1. The van der Waals surface area contributed by atoms with Gasteiger partial charge in [0.15, 0.2) is 5.76 Å². The third-order valence-corrected chi connectivity index (χ3v) is 4.82. The number of sulfone groups is 1. The first-order chi connectivity index (χ1) is 10.5. The number of aliphatic hydroxyl groups excluding tert-OH is 1. The second-order valence-corrected chi connectivity index (χ2v) is 6.90. The summed E-state index contributed by atoms with van der Waals surface area (Å²) in [6.45, 7) is 0. The van der Waals surface area contributed by atoms with Crippen molar-refractivity contribution >= 4 is 27.2 Å². The molecule has 124 valence electrons. The number of aliphatic hydroxyl groups is 1. The van der Waals surface area contributed by atoms with Gasteiger partial charge < -0.3 is 9.67 Å². The topological polar surface area (TPSA) is 59.3 Å². The zero-order chi connectivity index (χ0) is 17.4. The van der Waals surface area contributed by atoms with E-state index in [-0.39, 0.29) is 5.69 Å². The maximum atomic E-state index is 12.8. The number of benzene rings is 1. The van der Waals surface area contributed by atoms with Crippen LogP contribution in [0.15, 0.2) is 46.8 Å². The van der Waals surface area contributed by atoms with Gasteiger partial charge in [0.1, 0.15) is 0 Å². The van der Waals surface area contributed by atoms with E-state index in [1.807, 2.05) is 0 Å². The molecule has 2 rings (SSSR count). The van der Waals surface area contributed by atoms with Crippen LogP contribution in [0, 0.1) is 0 Å². The third kappa shape index (κ3) is 3.70. The largest absolute Gasteiger partial charge is 0.505 e. The minimum absolute atomic E-state index is 0.207. The molecule has 0 aliphatic rings. The van der Waals surface area contributed by atoms with Crippen LogP contribution in [0.3, 0.4) is 0 Å². The van der Waals surface area contributed by atoms with Crippen molar-refractivity contribution < 1.29 is 26.7 Å². The molecule has 0 bridgehead atoms. The highest BCUT2D eigenvalue weighted by Gasteiger charge is 2.34. The van der Waals surface area contributed by atoms with Gasteiger partial charge in [0.25, 0.3) is 0 Å². The van der Waals surface area contributed by atoms with E-state index < -0.39 is 37.3 Å². The lowest BCUT2D eigenvalue weighted by Gasteiger charge is -2.10. The second-order valence-electron chi connectivity index (χ2n) is 4.69. The fourth-order valence-corrected chi connectivity index (χ4v) is 3.22. The first-order valence-electron chi connectivity index (χ1n) is 6.16. The predicted molar refractivity (Wildman–Crippen MR) is 79.7 cm³/mol. The Balaban J connectivity index is 2.51. The quantitative estimate of drug-likeness (QED) is 0.835. The summed E-state index contributed by atoms with van der Waals surface area (Å²) in [7, 11) is -2.71. The molecule has 23 heavy (non-hydrogen) atoms. The van der Waals surface area contributed by atoms with E-state index in [9.17, 15) is 26.7 Å². The van der Waals surface area contributed by atoms with E-state index in [0.29, 0.717) is 11.5 Å². The highest BCUT2D eigenvalue weighted by Crippen LogP contribution is 2.36. The van der Waals surface area contributed by atoms with Gasteiger partial charge in [-0.1, -0.05) is 11.6 Å². The van der Waals surface area contributed by atoms with Gasteiger partial charge in [0, 0.05) is 13.2 Å². The Morgan fingerprint density at radius 2 is 1.96 bits per heavy atom. The Morgan fingerprint density at radius 3 is 2.48 bits per heavy atom. The fraction of sp³-hybridized carbons (Fsp3) is 0.143. The lowest BCUT2D eigenvalue weighted by Crippen LogP contribution is -2.08. The minimum Gasteiger partial charge on any atom is -0.505 e. The van der Waals surface area contributed by atoms with E-state index in [4.69, 9.17) is 11.6 Å². The Hall–Kier alpha value is -1.93. The smallest absolute Gasteiger partial charge is 0.417 e. The molecule has 0 fully saturated rings. The van der Waals surface area contributed by atoms with E-state index in [0.717, 1.165) is 12.1 Å². The summed E-state index contributed by atoms with van der Waals surface area (Å²) in [5.74, 6) is -0.582. The number of hydrogen-bond acceptors (Lipinski definition) is 3. The maximum absolute atomic E-state index is 12.8. The minimum atomic E-state index is -4.79. The van der Waals surface area contributed by atoms with Crippen molar-refractivity contribution in [1.29, 1.82) is 0 Å². The van der Waals surface area contributed by atoms with Crippen molar-refractivity contribution in [2.45, 2.75) is 11.1 Å². The van der Waals surface area contributed by atoms with Crippen molar-refractivity contribution in [3.05, 3.63) is 58.2 Å². The van der Waals surface area contributed by atoms with Gasteiger partial charge in [0.05, 0.1) is 26.6 Å². The fourth-order valence-electron chi connectivity index (χ4n) is 1.90. The molecule has 0 saturated carbocycles. The normalized spacial score (nSPS) is 13.3. The summed E-state index contributed by atoms with van der Waals surface area (Å²) in [5, 5.41) is 9.78. The zero-order valence-electron chi connectivity index (χ0n) is 11.7. The Bertz CT molecular complexity index is 870. The van der Waals surface area contributed by atoms with E-state index in [1.54, 1.807) is 19.3 Å². The number of aromatic nitrogens is 1. The van der Waals surface area contributed by atoms with Crippen LogP contribution in [-0.4, -0.2) is 18.1 Å². The molecule has 0 saturated heterocycles. The summed E-state index contributed by atoms with van der Waals surface area (Å²) in [6.07, 6.45) is -3.21. The highest BCUT2D eigenvalue weighted by molar-refractivity contribution is 7.94. The summed E-state index contributed by atoms with van der Waals surface area (Å²) in [5.41, 5.74) is -1.05. The van der Waals surface area contributed by atoms with Gasteiger partial charge >= 0.3 is 6.18 Å². The van der Waals surface area contributed by atoms with E-state index in [2.05, 4.69) is 0 Å². The zero-order valence-corrected chi connectivity index (χ0v) is 13.2.